The molecule has 0 amide bonds. The molecule has 1 saturated carbocycles. The fraction of sp³-hybridized carbons (Fsp3) is 0.583. The van der Waals surface area contributed by atoms with Gasteiger partial charge >= 0.3 is 5.69 Å². The molecule has 0 radical (unpaired) electrons. The molecule has 0 bridgehead atoms. The number of hydrogen-bond acceptors (Lipinski definition) is 4. The van der Waals surface area contributed by atoms with Gasteiger partial charge in [0.05, 0.1) is 5.54 Å². The van der Waals surface area contributed by atoms with Crippen molar-refractivity contribution in [2.24, 2.45) is 19.8 Å². The molecule has 102 valence electrons. The molecule has 3 N–H and O–H groups in total. The zero-order valence-electron chi connectivity index (χ0n) is 11.1. The van der Waals surface area contributed by atoms with Gasteiger partial charge < -0.3 is 10.7 Å². The van der Waals surface area contributed by atoms with Gasteiger partial charge in [0.15, 0.2) is 5.65 Å². The highest BCUT2D eigenvalue weighted by atomic mass is 16.2. The second-order valence-corrected chi connectivity index (χ2v) is 5.35. The van der Waals surface area contributed by atoms with Crippen molar-refractivity contribution in [2.45, 2.75) is 31.2 Å². The summed E-state index contributed by atoms with van der Waals surface area (Å²) in [4.78, 5) is 31.3. The third kappa shape index (κ3) is 1.58. The van der Waals surface area contributed by atoms with Crippen molar-refractivity contribution >= 4 is 11.2 Å². The van der Waals surface area contributed by atoms with E-state index in [1.807, 2.05) is 0 Å². The van der Waals surface area contributed by atoms with Crippen LogP contribution in [0.3, 0.4) is 0 Å². The number of H-pyrrole nitrogens is 1. The second-order valence-electron chi connectivity index (χ2n) is 5.35. The van der Waals surface area contributed by atoms with Gasteiger partial charge in [-0.2, -0.15) is 0 Å². The maximum Gasteiger partial charge on any atom is 0.332 e. The zero-order chi connectivity index (χ0) is 13.8. The molecule has 1 fully saturated rings. The van der Waals surface area contributed by atoms with E-state index in [1.165, 1.54) is 11.6 Å². The number of aromatic amines is 1. The molecule has 7 nitrogen and oxygen atoms in total. The zero-order valence-corrected chi connectivity index (χ0v) is 11.1. The average molecular weight is 263 g/mol. The first kappa shape index (κ1) is 12.2. The van der Waals surface area contributed by atoms with Crippen molar-refractivity contribution in [3.05, 3.63) is 26.7 Å². The molecule has 0 spiro atoms. The van der Waals surface area contributed by atoms with Crippen LogP contribution in [-0.2, 0) is 19.6 Å². The standard InChI is InChI=1S/C12H17N5O2/c1-16-8-7(9(18)17(2)11(16)19)14-10(15-8)12(13)5-3-4-6-12/h3-6,13H2,1-2H3,(H,14,15). The van der Waals surface area contributed by atoms with E-state index in [0.717, 1.165) is 30.3 Å². The first-order valence-electron chi connectivity index (χ1n) is 6.39. The molecule has 1 aliphatic rings. The smallest absolute Gasteiger partial charge is 0.332 e. The van der Waals surface area contributed by atoms with E-state index in [-0.39, 0.29) is 11.2 Å². The molecule has 7 heteroatoms. The number of rotatable bonds is 1. The molecule has 1 aliphatic carbocycles. The minimum atomic E-state index is -0.500. The molecule has 0 atom stereocenters. The van der Waals surface area contributed by atoms with Gasteiger partial charge in [-0.1, -0.05) is 12.8 Å². The van der Waals surface area contributed by atoms with E-state index < -0.39 is 5.54 Å². The largest absolute Gasteiger partial charge is 0.335 e. The van der Waals surface area contributed by atoms with Crippen molar-refractivity contribution in [3.63, 3.8) is 0 Å². The molecular weight excluding hydrogens is 246 g/mol. The van der Waals surface area contributed by atoms with Crippen LogP contribution in [0.15, 0.2) is 9.59 Å². The Kier molecular flexibility index (Phi) is 2.43. The van der Waals surface area contributed by atoms with Crippen LogP contribution in [0.4, 0.5) is 0 Å². The minimum Gasteiger partial charge on any atom is -0.335 e. The van der Waals surface area contributed by atoms with E-state index in [4.69, 9.17) is 5.73 Å². The lowest BCUT2D eigenvalue weighted by molar-refractivity contribution is 0.436. The van der Waals surface area contributed by atoms with E-state index in [9.17, 15) is 9.59 Å². The lowest BCUT2D eigenvalue weighted by Crippen LogP contribution is -2.36. The van der Waals surface area contributed by atoms with Crippen LogP contribution in [0.25, 0.3) is 11.2 Å². The normalized spacial score (nSPS) is 18.3. The van der Waals surface area contributed by atoms with E-state index in [2.05, 4.69) is 9.97 Å². The highest BCUT2D eigenvalue weighted by Crippen LogP contribution is 2.34. The van der Waals surface area contributed by atoms with Gasteiger partial charge in [0, 0.05) is 14.1 Å². The van der Waals surface area contributed by atoms with E-state index >= 15 is 0 Å². The first-order chi connectivity index (χ1) is 8.94. The van der Waals surface area contributed by atoms with Gasteiger partial charge in [-0.25, -0.2) is 9.78 Å². The van der Waals surface area contributed by atoms with Crippen LogP contribution >= 0.6 is 0 Å². The van der Waals surface area contributed by atoms with Gasteiger partial charge in [0.25, 0.3) is 5.56 Å². The van der Waals surface area contributed by atoms with Crippen molar-refractivity contribution in [2.75, 3.05) is 0 Å². The number of fused-ring (bicyclic) bond motifs is 1. The molecule has 2 aromatic heterocycles. The Hall–Kier alpha value is -1.89. The second kappa shape index (κ2) is 3.80. The van der Waals surface area contributed by atoms with Gasteiger partial charge in [0.2, 0.25) is 0 Å². The maximum absolute atomic E-state index is 12.1. The highest BCUT2D eigenvalue weighted by molar-refractivity contribution is 5.70. The number of aryl methyl sites for hydroxylation is 1. The van der Waals surface area contributed by atoms with Gasteiger partial charge in [-0.15, -0.1) is 0 Å². The molecule has 0 unspecified atom stereocenters. The summed E-state index contributed by atoms with van der Waals surface area (Å²) in [6.07, 6.45) is 3.82. The molecule has 2 aromatic rings. The molecule has 0 aliphatic heterocycles. The Balaban J connectivity index is 2.33. The third-order valence-corrected chi connectivity index (χ3v) is 4.06. The monoisotopic (exact) mass is 263 g/mol. The number of nitrogens with one attached hydrogen (secondary N) is 1. The number of hydrogen-bond donors (Lipinski definition) is 2. The lowest BCUT2D eigenvalue weighted by Gasteiger charge is -2.19. The number of nitrogens with zero attached hydrogens (tertiary/aromatic N) is 3. The van der Waals surface area contributed by atoms with Gasteiger partial charge in [0.1, 0.15) is 11.3 Å². The fourth-order valence-electron chi connectivity index (χ4n) is 2.80. The van der Waals surface area contributed by atoms with Crippen molar-refractivity contribution in [1.29, 1.82) is 0 Å². The quantitative estimate of drug-likeness (QED) is 0.737. The van der Waals surface area contributed by atoms with Gasteiger partial charge in [-0.05, 0) is 12.8 Å². The van der Waals surface area contributed by atoms with Crippen LogP contribution in [0, 0.1) is 0 Å². The molecule has 19 heavy (non-hydrogen) atoms. The highest BCUT2D eigenvalue weighted by Gasteiger charge is 2.34. The van der Waals surface area contributed by atoms with Gasteiger partial charge in [-0.3, -0.25) is 13.9 Å². The molecule has 2 heterocycles. The maximum atomic E-state index is 12.1. The summed E-state index contributed by atoms with van der Waals surface area (Å²) in [7, 11) is 3.06. The van der Waals surface area contributed by atoms with E-state index in [0.29, 0.717) is 17.0 Å². The van der Waals surface area contributed by atoms with Crippen LogP contribution in [-0.4, -0.2) is 19.1 Å². The Labute approximate surface area is 109 Å². The Morgan fingerprint density at radius 1 is 1.21 bits per heavy atom. The van der Waals surface area contributed by atoms with Crippen LogP contribution < -0.4 is 17.0 Å². The van der Waals surface area contributed by atoms with E-state index in [1.54, 1.807) is 7.05 Å². The lowest BCUT2D eigenvalue weighted by atomic mass is 9.99. The molecule has 0 saturated heterocycles. The predicted molar refractivity (Wildman–Crippen MR) is 70.9 cm³/mol. The van der Waals surface area contributed by atoms with Crippen molar-refractivity contribution in [3.8, 4) is 0 Å². The Bertz CT molecular complexity index is 761. The summed E-state index contributed by atoms with van der Waals surface area (Å²) in [5, 5.41) is 0. The first-order valence-corrected chi connectivity index (χ1v) is 6.39. The summed E-state index contributed by atoms with van der Waals surface area (Å²) in [5.74, 6) is 0.610. The number of aromatic nitrogens is 4. The Morgan fingerprint density at radius 3 is 2.47 bits per heavy atom. The topological polar surface area (TPSA) is 98.7 Å². The van der Waals surface area contributed by atoms with Crippen molar-refractivity contribution < 1.29 is 0 Å². The number of imidazole rings is 1. The third-order valence-electron chi connectivity index (χ3n) is 4.06. The predicted octanol–water partition coefficient (Wildman–Crippen LogP) is -0.312. The van der Waals surface area contributed by atoms with Crippen molar-refractivity contribution in [1.82, 2.24) is 19.1 Å². The molecule has 3 rings (SSSR count). The minimum absolute atomic E-state index is 0.344. The molecular formula is C12H17N5O2. The summed E-state index contributed by atoms with van der Waals surface area (Å²) in [6, 6.07) is 0. The number of nitrogens with two attached hydrogens (primary N) is 1. The summed E-state index contributed by atoms with van der Waals surface area (Å²) >= 11 is 0. The average Bonchev–Trinajstić information content (AvgIpc) is 3.01. The van der Waals surface area contributed by atoms with Crippen LogP contribution in [0.2, 0.25) is 0 Å². The van der Waals surface area contributed by atoms with Crippen LogP contribution in [0.5, 0.6) is 0 Å². The summed E-state index contributed by atoms with van der Waals surface area (Å²) in [6.45, 7) is 0. The fourth-order valence-corrected chi connectivity index (χ4v) is 2.80. The molecule has 0 aromatic carbocycles. The summed E-state index contributed by atoms with van der Waals surface area (Å²) in [5.41, 5.74) is 5.81. The van der Waals surface area contributed by atoms with Crippen LogP contribution in [0.1, 0.15) is 31.5 Å². The Morgan fingerprint density at radius 2 is 1.84 bits per heavy atom. The summed E-state index contributed by atoms with van der Waals surface area (Å²) < 4.78 is 2.44. The SMILES string of the molecule is Cn1c(=O)c2[nH]c(C3(N)CCCC3)nc2n(C)c1=O.